The average molecular weight is 725 g/mol. The van der Waals surface area contributed by atoms with Crippen LogP contribution in [0.4, 0.5) is 0 Å². The van der Waals surface area contributed by atoms with Crippen molar-refractivity contribution in [2.24, 2.45) is 44.6 Å². The summed E-state index contributed by atoms with van der Waals surface area (Å²) in [5, 5.41) is 6.42. The Morgan fingerprint density at radius 1 is 0.962 bits per heavy atom. The molecule has 5 aliphatic rings. The first-order chi connectivity index (χ1) is 24.2. The van der Waals surface area contributed by atoms with Crippen LogP contribution in [0.2, 0.25) is 0 Å². The predicted octanol–water partition coefficient (Wildman–Crippen LogP) is 7.13. The van der Waals surface area contributed by atoms with Crippen molar-refractivity contribution < 1.29 is 14.4 Å². The molecule has 3 amide bonds. The van der Waals surface area contributed by atoms with Crippen molar-refractivity contribution in [2.75, 3.05) is 13.6 Å². The lowest BCUT2D eigenvalue weighted by molar-refractivity contribution is -0.144. The molecule has 2 spiro atoms. The van der Waals surface area contributed by atoms with Crippen molar-refractivity contribution in [3.05, 3.63) is 24.9 Å². The summed E-state index contributed by atoms with van der Waals surface area (Å²) >= 11 is 0. The second-order valence-corrected chi connectivity index (χ2v) is 19.6. The van der Waals surface area contributed by atoms with E-state index in [1.807, 2.05) is 26.8 Å². The third-order valence-corrected chi connectivity index (χ3v) is 14.7. The largest absolute Gasteiger partial charge is 0.343 e. The summed E-state index contributed by atoms with van der Waals surface area (Å²) in [4.78, 5) is 44.6. The van der Waals surface area contributed by atoms with E-state index in [1.54, 1.807) is 11.9 Å². The van der Waals surface area contributed by atoms with E-state index < -0.39 is 29.1 Å². The van der Waals surface area contributed by atoms with Gasteiger partial charge < -0.3 is 26.7 Å². The molecule has 0 aromatic rings. The zero-order valence-corrected chi connectivity index (χ0v) is 34.7. The lowest BCUT2D eigenvalue weighted by Crippen LogP contribution is -2.62. The normalized spacial score (nSPS) is 30.3. The van der Waals surface area contributed by atoms with Crippen molar-refractivity contribution in [1.29, 1.82) is 0 Å². The quantitative estimate of drug-likeness (QED) is 0.0737. The summed E-state index contributed by atoms with van der Waals surface area (Å²) < 4.78 is 0. The van der Waals surface area contributed by atoms with E-state index in [2.05, 4.69) is 76.2 Å². The van der Waals surface area contributed by atoms with Crippen LogP contribution in [-0.2, 0) is 14.4 Å². The number of nitrogens with two attached hydrogens (primary N) is 1. The Labute approximate surface area is 316 Å². The molecule has 52 heavy (non-hydrogen) atoms. The number of hydrogen-bond donors (Lipinski definition) is 5. The van der Waals surface area contributed by atoms with Gasteiger partial charge in [0.2, 0.25) is 17.7 Å². The van der Waals surface area contributed by atoms with E-state index in [9.17, 15) is 14.4 Å². The van der Waals surface area contributed by atoms with E-state index in [0.717, 1.165) is 50.9 Å². The van der Waals surface area contributed by atoms with E-state index in [1.165, 1.54) is 32.1 Å². The fourth-order valence-electron chi connectivity index (χ4n) is 10.6. The highest BCUT2D eigenvalue weighted by Gasteiger charge is 2.85. The molecule has 6 N–H and O–H groups in total. The molecule has 0 aromatic carbocycles. The Hall–Kier alpha value is -2.39. The highest BCUT2D eigenvalue weighted by Crippen LogP contribution is 2.88. The smallest absolute Gasteiger partial charge is 0.246 e. The van der Waals surface area contributed by atoms with Gasteiger partial charge in [-0.2, -0.15) is 0 Å². The Balaban J connectivity index is 0.000000677. The first-order valence-corrected chi connectivity index (χ1v) is 20.7. The van der Waals surface area contributed by atoms with Crippen molar-refractivity contribution in [3.8, 4) is 0 Å². The molecule has 3 unspecified atom stereocenters. The summed E-state index contributed by atoms with van der Waals surface area (Å²) in [6.07, 6.45) is 17.4. The fourth-order valence-corrected chi connectivity index (χ4v) is 10.6. The molecule has 0 bridgehead atoms. The van der Waals surface area contributed by atoms with Gasteiger partial charge in [-0.3, -0.25) is 14.4 Å². The minimum absolute atomic E-state index is 0.0302. The fraction of sp³-hybridized carbons (Fsp3) is 0.837. The van der Waals surface area contributed by atoms with Crippen LogP contribution in [0.25, 0.3) is 0 Å². The minimum atomic E-state index is -0.811. The molecule has 5 fully saturated rings. The van der Waals surface area contributed by atoms with Crippen molar-refractivity contribution in [2.45, 2.75) is 176 Å². The molecule has 9 heteroatoms. The van der Waals surface area contributed by atoms with Crippen LogP contribution in [0, 0.1) is 38.9 Å². The van der Waals surface area contributed by atoms with E-state index in [0.29, 0.717) is 25.1 Å². The van der Waals surface area contributed by atoms with Crippen LogP contribution in [0.15, 0.2) is 24.9 Å². The van der Waals surface area contributed by atoms with Crippen molar-refractivity contribution >= 4 is 17.7 Å². The van der Waals surface area contributed by atoms with Gasteiger partial charge in [0.1, 0.15) is 12.1 Å². The molecule has 4 saturated carbocycles. The number of hydrogen-bond acceptors (Lipinski definition) is 6. The van der Waals surface area contributed by atoms with Gasteiger partial charge in [-0.25, -0.2) is 5.43 Å². The highest BCUT2D eigenvalue weighted by atomic mass is 16.2. The Bertz CT molecular complexity index is 1320. The maximum atomic E-state index is 14.7. The van der Waals surface area contributed by atoms with Crippen molar-refractivity contribution in [1.82, 2.24) is 26.4 Å². The van der Waals surface area contributed by atoms with Gasteiger partial charge in [-0.1, -0.05) is 126 Å². The molecule has 6 atom stereocenters. The second-order valence-electron chi connectivity index (χ2n) is 19.6. The maximum absolute atomic E-state index is 14.7. The Kier molecular flexibility index (Phi) is 12.8. The molecule has 0 aromatic heterocycles. The molecular formula is C43H76N6O3. The molecule has 1 saturated heterocycles. The first-order valence-electron chi connectivity index (χ1n) is 20.7. The maximum Gasteiger partial charge on any atom is 0.246 e. The van der Waals surface area contributed by atoms with E-state index >= 15 is 0 Å². The number of hydrazine groups is 1. The summed E-state index contributed by atoms with van der Waals surface area (Å²) in [7, 11) is 1.77. The Morgan fingerprint density at radius 3 is 2.06 bits per heavy atom. The summed E-state index contributed by atoms with van der Waals surface area (Å²) in [5.41, 5.74) is 11.8. The molecule has 296 valence electrons. The molecule has 1 heterocycles. The number of fused-ring (bicyclic) bond motifs is 1. The van der Waals surface area contributed by atoms with Crippen LogP contribution in [0.3, 0.4) is 0 Å². The zero-order valence-electron chi connectivity index (χ0n) is 34.7. The van der Waals surface area contributed by atoms with Crippen LogP contribution >= 0.6 is 0 Å². The summed E-state index contributed by atoms with van der Waals surface area (Å²) in [6, 6.07) is -2.14. The van der Waals surface area contributed by atoms with Gasteiger partial charge >= 0.3 is 0 Å². The summed E-state index contributed by atoms with van der Waals surface area (Å²) in [5.74, 6) is 0.319. The first kappa shape index (κ1) is 42.4. The van der Waals surface area contributed by atoms with Gasteiger partial charge in [0.15, 0.2) is 0 Å². The SMILES string of the molecule is C=C[C@@H]1C[C@]1(NC(=O)C1CC2(CN1C(=O)[C@@H](NC(=O)C(N)C1(C)CCCCC1)C(C)(C)C)C(C)(C)C21CCC1)C(=C)NNC.CCCCCC(C)C. The number of likely N-dealkylation sites (tertiary alicyclic amines) is 1. The number of carbonyl (C=O) groups excluding carboxylic acids is 3. The van der Waals surface area contributed by atoms with Crippen molar-refractivity contribution in [3.63, 3.8) is 0 Å². The van der Waals surface area contributed by atoms with Crippen LogP contribution in [-0.4, -0.2) is 59.9 Å². The summed E-state index contributed by atoms with van der Waals surface area (Å²) in [6.45, 7) is 28.2. The monoisotopic (exact) mass is 725 g/mol. The molecule has 9 nitrogen and oxygen atoms in total. The molecule has 0 radical (unpaired) electrons. The van der Waals surface area contributed by atoms with Gasteiger partial charge in [0.05, 0.1) is 11.6 Å². The lowest BCUT2D eigenvalue weighted by Gasteiger charge is -2.40. The van der Waals surface area contributed by atoms with Gasteiger partial charge in [-0.05, 0) is 66.1 Å². The molecule has 1 aliphatic heterocycles. The number of carbonyl (C=O) groups is 3. The van der Waals surface area contributed by atoms with Crippen LogP contribution in [0.5, 0.6) is 0 Å². The minimum Gasteiger partial charge on any atom is -0.343 e. The third-order valence-electron chi connectivity index (χ3n) is 14.7. The Morgan fingerprint density at radius 2 is 1.60 bits per heavy atom. The number of unbranched alkanes of at least 4 members (excludes halogenated alkanes) is 2. The van der Waals surface area contributed by atoms with E-state index in [-0.39, 0.29) is 45.3 Å². The predicted molar refractivity (Wildman–Crippen MR) is 213 cm³/mol. The third kappa shape index (κ3) is 7.61. The topological polar surface area (TPSA) is 129 Å². The molecular weight excluding hydrogens is 649 g/mol. The second kappa shape index (κ2) is 15.8. The number of nitrogens with one attached hydrogen (secondary N) is 4. The van der Waals surface area contributed by atoms with Crippen LogP contribution in [0.1, 0.15) is 152 Å². The average Bonchev–Trinajstić information content (AvgIpc) is 3.78. The standard InChI is InChI=1S/C35H58N6O3.C8H18/c1-10-23-19-35(23,22(2)40-37-9)39-27(42)24-20-34(31(6,7)33(34)17-14-18-33)21-41(24)29(44)26(30(3,4)5)38-28(43)25(36)32(8)15-12-11-13-16-32;1-4-5-6-7-8(2)3/h10,23-26,37,40H,1-2,11-21,36H2,3-9H3,(H,38,43)(H,39,42);8H,4-7H2,1-3H3/t23-,24?,25?,26-,34?,35+;/m1./s1. The lowest BCUT2D eigenvalue weighted by atomic mass is 9.70. The molecule has 5 rings (SSSR count). The van der Waals surface area contributed by atoms with E-state index in [4.69, 9.17) is 5.73 Å². The van der Waals surface area contributed by atoms with Gasteiger partial charge in [0.25, 0.3) is 0 Å². The van der Waals surface area contributed by atoms with Gasteiger partial charge in [0, 0.05) is 30.6 Å². The number of amides is 3. The zero-order chi connectivity index (χ0) is 38.9. The highest BCUT2D eigenvalue weighted by molar-refractivity contribution is 5.95. The van der Waals surface area contributed by atoms with Gasteiger partial charge in [-0.15, -0.1) is 6.58 Å². The molecule has 4 aliphatic carbocycles. The number of nitrogens with zero attached hydrogens (tertiary/aromatic N) is 1. The van der Waals surface area contributed by atoms with Crippen LogP contribution < -0.4 is 27.2 Å². The number of rotatable bonds is 14.